The molecular weight excluding hydrogens is 479 g/mol. The topological polar surface area (TPSA) is 73.0 Å². The van der Waals surface area contributed by atoms with Crippen molar-refractivity contribution in [3.63, 3.8) is 0 Å². The van der Waals surface area contributed by atoms with E-state index in [1.165, 1.54) is 18.6 Å². The highest BCUT2D eigenvalue weighted by Crippen LogP contribution is 2.20. The number of carbonyl (C=O) groups is 1. The second-order valence-corrected chi connectivity index (χ2v) is 11.8. The van der Waals surface area contributed by atoms with Crippen LogP contribution in [0.5, 0.6) is 0 Å². The summed E-state index contributed by atoms with van der Waals surface area (Å²) >= 11 is 0. The number of rotatable bonds is 8. The van der Waals surface area contributed by atoms with Crippen molar-refractivity contribution in [2.45, 2.75) is 56.5 Å². The maximum absolute atomic E-state index is 13.4. The third-order valence-corrected chi connectivity index (χ3v) is 9.10. The summed E-state index contributed by atoms with van der Waals surface area (Å²) in [6.07, 6.45) is 5.51. The first-order chi connectivity index (χ1) is 17.3. The van der Waals surface area contributed by atoms with E-state index in [4.69, 9.17) is 0 Å². The molecule has 1 N–H and O–H groups in total. The Morgan fingerprint density at radius 3 is 2.25 bits per heavy atom. The van der Waals surface area contributed by atoms with Gasteiger partial charge in [0, 0.05) is 51.9 Å². The zero-order chi connectivity index (χ0) is 25.5. The molecule has 0 unspecified atom stereocenters. The number of urea groups is 1. The minimum Gasteiger partial charge on any atom is -0.335 e. The number of benzene rings is 2. The van der Waals surface area contributed by atoms with Gasteiger partial charge in [-0.05, 0) is 49.6 Å². The monoisotopic (exact) mass is 516 g/mol. The second kappa shape index (κ2) is 12.2. The minimum atomic E-state index is -3.51. The zero-order valence-corrected chi connectivity index (χ0v) is 21.9. The van der Waals surface area contributed by atoms with E-state index in [9.17, 15) is 17.6 Å². The van der Waals surface area contributed by atoms with Crippen LogP contribution in [0, 0.1) is 12.7 Å². The van der Waals surface area contributed by atoms with Crippen LogP contribution in [-0.4, -0.2) is 73.9 Å². The number of nitrogens with one attached hydrogen (secondary N) is 1. The number of piperazine rings is 1. The summed E-state index contributed by atoms with van der Waals surface area (Å²) < 4.78 is 40.9. The van der Waals surface area contributed by atoms with Gasteiger partial charge in [0.2, 0.25) is 10.0 Å². The number of aryl methyl sites for hydroxylation is 1. The number of sulfonamides is 1. The molecule has 0 aromatic heterocycles. The lowest BCUT2D eigenvalue weighted by Gasteiger charge is -2.35. The van der Waals surface area contributed by atoms with Crippen molar-refractivity contribution >= 4 is 16.1 Å². The predicted octanol–water partition coefficient (Wildman–Crippen LogP) is 3.98. The lowest BCUT2D eigenvalue weighted by Crippen LogP contribution is -2.52. The van der Waals surface area contributed by atoms with E-state index in [1.54, 1.807) is 33.5 Å². The number of halogens is 1. The zero-order valence-electron chi connectivity index (χ0n) is 21.0. The number of hydrogen-bond donors (Lipinski definition) is 1. The molecule has 2 aromatic carbocycles. The Kier molecular flexibility index (Phi) is 8.98. The lowest BCUT2D eigenvalue weighted by atomic mass is 9.96. The fourth-order valence-corrected chi connectivity index (χ4v) is 6.31. The molecule has 2 aromatic rings. The molecule has 1 saturated heterocycles. The largest absolute Gasteiger partial charge is 0.335 e. The van der Waals surface area contributed by atoms with Gasteiger partial charge in [-0.25, -0.2) is 17.6 Å². The van der Waals surface area contributed by atoms with Crippen molar-refractivity contribution in [2.75, 3.05) is 39.3 Å². The predicted molar refractivity (Wildman–Crippen MR) is 139 cm³/mol. The molecule has 4 rings (SSSR count). The molecule has 9 heteroatoms. The van der Waals surface area contributed by atoms with Crippen LogP contribution in [0.4, 0.5) is 9.18 Å². The fraction of sp³-hybridized carbons (Fsp3) is 0.519. The van der Waals surface area contributed by atoms with Gasteiger partial charge in [-0.1, -0.05) is 49.1 Å². The normalized spacial score (nSPS) is 18.2. The Labute approximate surface area is 214 Å². The third kappa shape index (κ3) is 7.05. The summed E-state index contributed by atoms with van der Waals surface area (Å²) in [6.45, 7) is 5.56. The average Bonchev–Trinajstić information content (AvgIpc) is 2.88. The Balaban J connectivity index is 1.33. The van der Waals surface area contributed by atoms with Gasteiger partial charge in [0.25, 0.3) is 0 Å². The van der Waals surface area contributed by atoms with Crippen molar-refractivity contribution in [1.82, 2.24) is 19.4 Å². The van der Waals surface area contributed by atoms with Gasteiger partial charge in [-0.2, -0.15) is 4.31 Å². The highest BCUT2D eigenvalue weighted by atomic mass is 32.2. The molecule has 36 heavy (non-hydrogen) atoms. The third-order valence-electron chi connectivity index (χ3n) is 7.18. The molecule has 7 nitrogen and oxygen atoms in total. The van der Waals surface area contributed by atoms with E-state index >= 15 is 0 Å². The molecule has 0 radical (unpaired) electrons. The fourth-order valence-electron chi connectivity index (χ4n) is 4.89. The minimum absolute atomic E-state index is 0.0909. The quantitative estimate of drug-likeness (QED) is 0.576. The van der Waals surface area contributed by atoms with Crippen molar-refractivity contribution in [3.05, 3.63) is 65.5 Å². The molecule has 0 atom stereocenters. The summed E-state index contributed by atoms with van der Waals surface area (Å²) in [4.78, 5) is 17.5. The van der Waals surface area contributed by atoms with Crippen LogP contribution in [0.25, 0.3) is 0 Å². The van der Waals surface area contributed by atoms with Crippen LogP contribution >= 0.6 is 0 Å². The van der Waals surface area contributed by atoms with Crippen molar-refractivity contribution in [2.24, 2.45) is 0 Å². The number of nitrogens with zero attached hydrogens (tertiary/aromatic N) is 3. The smallest absolute Gasteiger partial charge is 0.317 e. The molecule has 0 spiro atoms. The summed E-state index contributed by atoms with van der Waals surface area (Å²) in [5, 5.41) is 3.19. The van der Waals surface area contributed by atoms with Gasteiger partial charge in [0.1, 0.15) is 5.82 Å². The highest BCUT2D eigenvalue weighted by Gasteiger charge is 2.29. The molecule has 0 bridgehead atoms. The molecule has 2 aliphatic rings. The van der Waals surface area contributed by atoms with Crippen LogP contribution < -0.4 is 5.32 Å². The molecule has 1 aliphatic heterocycles. The molecule has 2 amide bonds. The SMILES string of the molecule is Cc1ccc(S(=O)(=O)N2CCN(CCN(Cc3ccc(F)cc3)C(=O)NC3CCCCC3)CC2)cc1. The van der Waals surface area contributed by atoms with Gasteiger partial charge in [0.15, 0.2) is 0 Å². The Bertz CT molecular complexity index is 1090. The maximum Gasteiger partial charge on any atom is 0.317 e. The summed E-state index contributed by atoms with van der Waals surface area (Å²) in [7, 11) is -3.51. The van der Waals surface area contributed by atoms with Crippen LogP contribution in [-0.2, 0) is 16.6 Å². The maximum atomic E-state index is 13.4. The van der Waals surface area contributed by atoms with Crippen molar-refractivity contribution in [3.8, 4) is 0 Å². The second-order valence-electron chi connectivity index (χ2n) is 9.89. The van der Waals surface area contributed by atoms with E-state index in [2.05, 4.69) is 10.2 Å². The van der Waals surface area contributed by atoms with Crippen LogP contribution in [0.2, 0.25) is 0 Å². The van der Waals surface area contributed by atoms with Gasteiger partial charge in [0.05, 0.1) is 4.90 Å². The molecule has 1 aliphatic carbocycles. The van der Waals surface area contributed by atoms with E-state index in [0.717, 1.165) is 36.8 Å². The first-order valence-corrected chi connectivity index (χ1v) is 14.3. The first kappa shape index (κ1) is 26.6. The summed E-state index contributed by atoms with van der Waals surface area (Å²) in [6, 6.07) is 13.3. The summed E-state index contributed by atoms with van der Waals surface area (Å²) in [5.74, 6) is -0.296. The Hall–Kier alpha value is -2.49. The van der Waals surface area contributed by atoms with E-state index in [-0.39, 0.29) is 17.9 Å². The van der Waals surface area contributed by atoms with Gasteiger partial charge < -0.3 is 10.2 Å². The summed E-state index contributed by atoms with van der Waals surface area (Å²) in [5.41, 5.74) is 1.90. The van der Waals surface area contributed by atoms with Crippen LogP contribution in [0.15, 0.2) is 53.4 Å². The number of carbonyl (C=O) groups excluding carboxylic acids is 1. The molecule has 1 saturated carbocycles. The molecule has 1 heterocycles. The number of amides is 2. The number of hydrogen-bond acceptors (Lipinski definition) is 4. The molecule has 2 fully saturated rings. The van der Waals surface area contributed by atoms with Gasteiger partial charge in [-0.15, -0.1) is 0 Å². The first-order valence-electron chi connectivity index (χ1n) is 12.9. The van der Waals surface area contributed by atoms with Crippen LogP contribution in [0.3, 0.4) is 0 Å². The lowest BCUT2D eigenvalue weighted by molar-refractivity contribution is 0.153. The van der Waals surface area contributed by atoms with E-state index in [0.29, 0.717) is 50.7 Å². The van der Waals surface area contributed by atoms with Gasteiger partial charge in [-0.3, -0.25) is 4.90 Å². The van der Waals surface area contributed by atoms with Crippen molar-refractivity contribution < 1.29 is 17.6 Å². The van der Waals surface area contributed by atoms with E-state index in [1.807, 2.05) is 19.1 Å². The Morgan fingerprint density at radius 2 is 1.61 bits per heavy atom. The van der Waals surface area contributed by atoms with Gasteiger partial charge >= 0.3 is 6.03 Å². The molecular formula is C27H37FN4O3S. The van der Waals surface area contributed by atoms with Crippen molar-refractivity contribution in [1.29, 1.82) is 0 Å². The van der Waals surface area contributed by atoms with E-state index < -0.39 is 10.0 Å². The standard InChI is InChI=1S/C27H37FN4O3S/c1-22-7-13-26(14-8-22)36(34,35)32-19-16-30(17-20-32)15-18-31(21-23-9-11-24(28)12-10-23)27(33)29-25-5-3-2-4-6-25/h7-14,25H,2-6,15-21H2,1H3,(H,29,33). The highest BCUT2D eigenvalue weighted by molar-refractivity contribution is 7.89. The average molecular weight is 517 g/mol. The Morgan fingerprint density at radius 1 is 0.972 bits per heavy atom. The molecule has 196 valence electrons. The van der Waals surface area contributed by atoms with Crippen LogP contribution in [0.1, 0.15) is 43.2 Å².